The Bertz CT molecular complexity index is 190. The van der Waals surface area contributed by atoms with Crippen LogP contribution in [-0.2, 0) is 14.3 Å². The third kappa shape index (κ3) is 5.53. The van der Waals surface area contributed by atoms with E-state index in [1.807, 2.05) is 0 Å². The number of ether oxygens (including phenoxy) is 2. The molecule has 96 valence electrons. The molecule has 16 heavy (non-hydrogen) atoms. The van der Waals surface area contributed by atoms with Crippen LogP contribution < -0.4 is 0 Å². The summed E-state index contributed by atoms with van der Waals surface area (Å²) in [4.78, 5) is 10.9. The summed E-state index contributed by atoms with van der Waals surface area (Å²) < 4.78 is 10.3. The molecule has 0 aromatic rings. The van der Waals surface area contributed by atoms with Gasteiger partial charge in [-0.3, -0.25) is 4.79 Å². The molecular formula is C10H20O6. The molecule has 6 heteroatoms. The molecule has 0 aliphatic rings. The lowest BCUT2D eigenvalue weighted by molar-refractivity contribution is -0.165. The summed E-state index contributed by atoms with van der Waals surface area (Å²) in [6.45, 7) is 3.55. The molecule has 0 saturated heterocycles. The van der Waals surface area contributed by atoms with Crippen molar-refractivity contribution in [2.24, 2.45) is 0 Å². The SMILES string of the molecule is CCOC(C[C@H](O)[C@H](O)C(=O)CO)OCC. The van der Waals surface area contributed by atoms with Gasteiger partial charge in [0.15, 0.2) is 12.1 Å². The van der Waals surface area contributed by atoms with Crippen LogP contribution in [0.5, 0.6) is 0 Å². The maximum atomic E-state index is 10.9. The summed E-state index contributed by atoms with van der Waals surface area (Å²) in [7, 11) is 0. The van der Waals surface area contributed by atoms with Crippen molar-refractivity contribution in [3.63, 3.8) is 0 Å². The first-order valence-electron chi connectivity index (χ1n) is 5.29. The number of carbonyl (C=O) groups is 1. The van der Waals surface area contributed by atoms with Gasteiger partial charge in [0.2, 0.25) is 0 Å². The van der Waals surface area contributed by atoms with Gasteiger partial charge in [-0.05, 0) is 13.8 Å². The molecule has 0 aromatic carbocycles. The van der Waals surface area contributed by atoms with Gasteiger partial charge in [-0.15, -0.1) is 0 Å². The van der Waals surface area contributed by atoms with Crippen molar-refractivity contribution in [1.82, 2.24) is 0 Å². The zero-order valence-corrected chi connectivity index (χ0v) is 9.63. The van der Waals surface area contributed by atoms with E-state index in [-0.39, 0.29) is 6.42 Å². The second kappa shape index (κ2) is 8.60. The van der Waals surface area contributed by atoms with Crippen molar-refractivity contribution in [3.8, 4) is 0 Å². The minimum atomic E-state index is -1.60. The lowest BCUT2D eigenvalue weighted by Gasteiger charge is -2.22. The van der Waals surface area contributed by atoms with Crippen LogP contribution in [0.15, 0.2) is 0 Å². The summed E-state index contributed by atoms with van der Waals surface area (Å²) >= 11 is 0. The first-order valence-corrected chi connectivity index (χ1v) is 5.29. The predicted molar refractivity (Wildman–Crippen MR) is 55.8 cm³/mol. The molecule has 0 aliphatic carbocycles. The average Bonchev–Trinajstić information content (AvgIpc) is 2.27. The van der Waals surface area contributed by atoms with E-state index in [4.69, 9.17) is 14.6 Å². The van der Waals surface area contributed by atoms with Crippen LogP contribution >= 0.6 is 0 Å². The van der Waals surface area contributed by atoms with Gasteiger partial charge in [0, 0.05) is 19.6 Å². The Kier molecular flexibility index (Phi) is 8.32. The van der Waals surface area contributed by atoms with E-state index < -0.39 is 30.9 Å². The Morgan fingerprint density at radius 1 is 1.19 bits per heavy atom. The Morgan fingerprint density at radius 2 is 1.69 bits per heavy atom. The number of carbonyl (C=O) groups excluding carboxylic acids is 1. The molecule has 0 heterocycles. The van der Waals surface area contributed by atoms with Gasteiger partial charge >= 0.3 is 0 Å². The maximum absolute atomic E-state index is 10.9. The fourth-order valence-corrected chi connectivity index (χ4v) is 1.19. The first-order chi connectivity index (χ1) is 7.56. The highest BCUT2D eigenvalue weighted by atomic mass is 16.7. The topological polar surface area (TPSA) is 96.2 Å². The van der Waals surface area contributed by atoms with Crippen molar-refractivity contribution < 1.29 is 29.6 Å². The average molecular weight is 236 g/mol. The smallest absolute Gasteiger partial charge is 0.189 e. The van der Waals surface area contributed by atoms with Crippen LogP contribution in [0, 0.1) is 0 Å². The number of hydrogen-bond acceptors (Lipinski definition) is 6. The van der Waals surface area contributed by atoms with Crippen LogP contribution in [0.25, 0.3) is 0 Å². The molecule has 0 unspecified atom stereocenters. The number of aliphatic hydroxyl groups is 3. The van der Waals surface area contributed by atoms with Crippen molar-refractivity contribution in [3.05, 3.63) is 0 Å². The number of hydrogen-bond donors (Lipinski definition) is 3. The van der Waals surface area contributed by atoms with E-state index in [9.17, 15) is 15.0 Å². The third-order valence-electron chi connectivity index (χ3n) is 1.99. The number of rotatable bonds is 9. The molecule has 0 radical (unpaired) electrons. The second-order valence-corrected chi connectivity index (χ2v) is 3.21. The van der Waals surface area contributed by atoms with Crippen molar-refractivity contribution in [2.45, 2.75) is 38.8 Å². The third-order valence-corrected chi connectivity index (χ3v) is 1.99. The molecule has 2 atom stereocenters. The largest absolute Gasteiger partial charge is 0.390 e. The predicted octanol–water partition coefficient (Wildman–Crippen LogP) is -0.941. The van der Waals surface area contributed by atoms with E-state index in [0.717, 1.165) is 0 Å². The van der Waals surface area contributed by atoms with Gasteiger partial charge < -0.3 is 24.8 Å². The number of ketones is 1. The minimum absolute atomic E-state index is 0.0193. The molecule has 0 rings (SSSR count). The summed E-state index contributed by atoms with van der Waals surface area (Å²) in [6, 6.07) is 0. The van der Waals surface area contributed by atoms with Gasteiger partial charge in [-0.2, -0.15) is 0 Å². The maximum Gasteiger partial charge on any atom is 0.189 e. The lowest BCUT2D eigenvalue weighted by Crippen LogP contribution is -2.39. The second-order valence-electron chi connectivity index (χ2n) is 3.21. The number of Topliss-reactive ketones (excluding diaryl/α,β-unsaturated/α-hetero) is 1. The Morgan fingerprint density at radius 3 is 2.06 bits per heavy atom. The Hall–Kier alpha value is -0.530. The van der Waals surface area contributed by atoms with Gasteiger partial charge in [0.25, 0.3) is 0 Å². The highest BCUT2D eigenvalue weighted by molar-refractivity contribution is 5.84. The van der Waals surface area contributed by atoms with Gasteiger partial charge in [-0.1, -0.05) is 0 Å². The molecule has 0 spiro atoms. The van der Waals surface area contributed by atoms with E-state index in [2.05, 4.69) is 0 Å². The number of aliphatic hydroxyl groups excluding tert-OH is 3. The normalized spacial score (nSPS) is 15.1. The van der Waals surface area contributed by atoms with E-state index in [0.29, 0.717) is 13.2 Å². The molecule has 6 nitrogen and oxygen atoms in total. The monoisotopic (exact) mass is 236 g/mol. The molecule has 0 aromatic heterocycles. The zero-order valence-electron chi connectivity index (χ0n) is 9.63. The minimum Gasteiger partial charge on any atom is -0.390 e. The summed E-state index contributed by atoms with van der Waals surface area (Å²) in [5.74, 6) is -0.820. The summed E-state index contributed by atoms with van der Waals surface area (Å²) in [5, 5.41) is 27.3. The standard InChI is InChI=1S/C10H20O6/c1-3-15-9(16-4-2)5-7(12)10(14)8(13)6-11/h7,9-12,14H,3-6H2,1-2H3/t7-,10-/m0/s1. The van der Waals surface area contributed by atoms with Crippen LogP contribution in [0.3, 0.4) is 0 Å². The lowest BCUT2D eigenvalue weighted by atomic mass is 10.1. The van der Waals surface area contributed by atoms with Crippen LogP contribution in [0.2, 0.25) is 0 Å². The van der Waals surface area contributed by atoms with Crippen molar-refractivity contribution >= 4 is 5.78 Å². The van der Waals surface area contributed by atoms with Gasteiger partial charge in [-0.25, -0.2) is 0 Å². The van der Waals surface area contributed by atoms with Crippen molar-refractivity contribution in [1.29, 1.82) is 0 Å². The highest BCUT2D eigenvalue weighted by Gasteiger charge is 2.26. The van der Waals surface area contributed by atoms with Crippen LogP contribution in [0.1, 0.15) is 20.3 Å². The van der Waals surface area contributed by atoms with E-state index in [1.165, 1.54) is 0 Å². The molecule has 0 fully saturated rings. The first kappa shape index (κ1) is 15.5. The fraction of sp³-hybridized carbons (Fsp3) is 0.900. The molecule has 0 amide bonds. The quantitative estimate of drug-likeness (QED) is 0.447. The molecular weight excluding hydrogens is 216 g/mol. The highest BCUT2D eigenvalue weighted by Crippen LogP contribution is 2.09. The van der Waals surface area contributed by atoms with E-state index in [1.54, 1.807) is 13.8 Å². The summed E-state index contributed by atoms with van der Waals surface area (Å²) in [6.07, 6.45) is -3.59. The van der Waals surface area contributed by atoms with Gasteiger partial charge in [0.05, 0.1) is 6.10 Å². The van der Waals surface area contributed by atoms with Gasteiger partial charge in [0.1, 0.15) is 12.7 Å². The molecule has 0 aliphatic heterocycles. The van der Waals surface area contributed by atoms with Crippen LogP contribution in [-0.4, -0.2) is 59.4 Å². The molecule has 0 saturated carbocycles. The zero-order chi connectivity index (χ0) is 12.6. The Labute approximate surface area is 94.8 Å². The Balaban J connectivity index is 4.15. The van der Waals surface area contributed by atoms with Crippen molar-refractivity contribution in [2.75, 3.05) is 19.8 Å². The van der Waals surface area contributed by atoms with E-state index >= 15 is 0 Å². The fourth-order valence-electron chi connectivity index (χ4n) is 1.19. The van der Waals surface area contributed by atoms with Crippen LogP contribution in [0.4, 0.5) is 0 Å². The summed E-state index contributed by atoms with van der Waals surface area (Å²) in [5.41, 5.74) is 0. The molecule has 0 bridgehead atoms. The molecule has 3 N–H and O–H groups in total.